The lowest BCUT2D eigenvalue weighted by Gasteiger charge is -2.14. The summed E-state index contributed by atoms with van der Waals surface area (Å²) in [5, 5.41) is 10.9. The second kappa shape index (κ2) is 5.83. The van der Waals surface area contributed by atoms with Crippen LogP contribution in [0.5, 0.6) is 0 Å². The van der Waals surface area contributed by atoms with Gasteiger partial charge in [-0.2, -0.15) is 0 Å². The minimum atomic E-state index is -0.543. The Morgan fingerprint density at radius 2 is 2.11 bits per heavy atom. The number of halogens is 2. The van der Waals surface area contributed by atoms with Gasteiger partial charge in [0.15, 0.2) is 0 Å². The molecule has 0 spiro atoms. The molecule has 18 heavy (non-hydrogen) atoms. The quantitative estimate of drug-likeness (QED) is 0.922. The van der Waals surface area contributed by atoms with Crippen molar-refractivity contribution in [2.75, 3.05) is 0 Å². The molecule has 1 aromatic carbocycles. The first-order valence-corrected chi connectivity index (χ1v) is 6.77. The SMILES string of the molecule is Cc1cc(Cl)ccc1C(O)Cc1cncc(Br)c1. The van der Waals surface area contributed by atoms with Crippen molar-refractivity contribution in [2.24, 2.45) is 0 Å². The van der Waals surface area contributed by atoms with E-state index in [1.165, 1.54) is 0 Å². The van der Waals surface area contributed by atoms with Crippen molar-refractivity contribution >= 4 is 27.5 Å². The summed E-state index contributed by atoms with van der Waals surface area (Å²) in [7, 11) is 0. The minimum absolute atomic E-state index is 0.537. The molecule has 4 heteroatoms. The number of hydrogen-bond donors (Lipinski definition) is 1. The summed E-state index contributed by atoms with van der Waals surface area (Å²) >= 11 is 9.28. The molecule has 0 aliphatic heterocycles. The Hall–Kier alpha value is -0.900. The first-order chi connectivity index (χ1) is 8.56. The zero-order valence-electron chi connectivity index (χ0n) is 9.90. The van der Waals surface area contributed by atoms with Gasteiger partial charge in [-0.3, -0.25) is 4.98 Å². The van der Waals surface area contributed by atoms with Gasteiger partial charge in [-0.1, -0.05) is 17.7 Å². The minimum Gasteiger partial charge on any atom is -0.388 e. The summed E-state index contributed by atoms with van der Waals surface area (Å²) in [6, 6.07) is 7.49. The Morgan fingerprint density at radius 1 is 1.33 bits per heavy atom. The molecular formula is C14H13BrClNO. The number of aliphatic hydroxyl groups excluding tert-OH is 1. The molecule has 2 nitrogen and oxygen atoms in total. The number of aryl methyl sites for hydroxylation is 1. The first kappa shape index (κ1) is 13.5. The van der Waals surface area contributed by atoms with E-state index in [-0.39, 0.29) is 0 Å². The predicted molar refractivity (Wildman–Crippen MR) is 76.8 cm³/mol. The maximum Gasteiger partial charge on any atom is 0.0833 e. The monoisotopic (exact) mass is 325 g/mol. The third kappa shape index (κ3) is 3.31. The van der Waals surface area contributed by atoms with Crippen LogP contribution in [0.2, 0.25) is 5.02 Å². The molecule has 0 radical (unpaired) electrons. The van der Waals surface area contributed by atoms with E-state index >= 15 is 0 Å². The fraction of sp³-hybridized carbons (Fsp3) is 0.214. The molecule has 0 fully saturated rings. The smallest absolute Gasteiger partial charge is 0.0833 e. The van der Waals surface area contributed by atoms with E-state index in [0.29, 0.717) is 11.4 Å². The van der Waals surface area contributed by atoms with Gasteiger partial charge in [-0.25, -0.2) is 0 Å². The standard InChI is InChI=1S/C14H13BrClNO/c1-9-4-12(16)2-3-13(9)14(18)6-10-5-11(15)8-17-7-10/h2-5,7-8,14,18H,6H2,1H3. The number of pyridine rings is 1. The molecule has 0 aliphatic rings. The highest BCUT2D eigenvalue weighted by Gasteiger charge is 2.11. The largest absolute Gasteiger partial charge is 0.388 e. The Labute approximate surface area is 120 Å². The molecule has 0 bridgehead atoms. The zero-order chi connectivity index (χ0) is 13.1. The van der Waals surface area contributed by atoms with E-state index in [0.717, 1.165) is 21.2 Å². The maximum absolute atomic E-state index is 10.3. The van der Waals surface area contributed by atoms with Crippen LogP contribution in [0.3, 0.4) is 0 Å². The summed E-state index contributed by atoms with van der Waals surface area (Å²) in [4.78, 5) is 4.09. The molecule has 1 N–H and O–H groups in total. The fourth-order valence-electron chi connectivity index (χ4n) is 1.91. The second-order valence-corrected chi connectivity index (χ2v) is 5.58. The van der Waals surface area contributed by atoms with Crippen LogP contribution in [-0.2, 0) is 6.42 Å². The topological polar surface area (TPSA) is 33.1 Å². The van der Waals surface area contributed by atoms with Crippen LogP contribution in [-0.4, -0.2) is 10.1 Å². The Balaban J connectivity index is 2.19. The van der Waals surface area contributed by atoms with Crippen LogP contribution < -0.4 is 0 Å². The molecule has 1 atom stereocenters. The molecule has 0 saturated heterocycles. The van der Waals surface area contributed by atoms with E-state index in [4.69, 9.17) is 11.6 Å². The fourth-order valence-corrected chi connectivity index (χ4v) is 2.55. The normalized spacial score (nSPS) is 12.4. The van der Waals surface area contributed by atoms with Gasteiger partial charge >= 0.3 is 0 Å². The average molecular weight is 327 g/mol. The molecule has 0 aliphatic carbocycles. The van der Waals surface area contributed by atoms with E-state index in [9.17, 15) is 5.11 Å². The van der Waals surface area contributed by atoms with Crippen LogP contribution in [0.15, 0.2) is 41.1 Å². The first-order valence-electron chi connectivity index (χ1n) is 5.60. The lowest BCUT2D eigenvalue weighted by Crippen LogP contribution is -2.04. The number of aliphatic hydroxyl groups is 1. The zero-order valence-corrected chi connectivity index (χ0v) is 12.2. The number of hydrogen-bond acceptors (Lipinski definition) is 2. The molecule has 1 heterocycles. The summed E-state index contributed by atoms with van der Waals surface area (Å²) in [6.07, 6.45) is 3.48. The van der Waals surface area contributed by atoms with Crippen LogP contribution in [0.1, 0.15) is 22.8 Å². The van der Waals surface area contributed by atoms with Gasteiger partial charge in [0.25, 0.3) is 0 Å². The van der Waals surface area contributed by atoms with Crippen LogP contribution >= 0.6 is 27.5 Å². The van der Waals surface area contributed by atoms with Crippen molar-refractivity contribution in [3.8, 4) is 0 Å². The summed E-state index contributed by atoms with van der Waals surface area (Å²) in [5.41, 5.74) is 2.89. The van der Waals surface area contributed by atoms with E-state index in [1.54, 1.807) is 18.5 Å². The molecule has 0 saturated carbocycles. The third-order valence-corrected chi connectivity index (χ3v) is 3.45. The Morgan fingerprint density at radius 3 is 2.78 bits per heavy atom. The van der Waals surface area contributed by atoms with Gasteiger partial charge in [0.05, 0.1) is 6.10 Å². The van der Waals surface area contributed by atoms with Gasteiger partial charge in [-0.05, 0) is 57.7 Å². The lowest BCUT2D eigenvalue weighted by atomic mass is 9.98. The Kier molecular flexibility index (Phi) is 4.38. The average Bonchev–Trinajstić information content (AvgIpc) is 2.28. The highest BCUT2D eigenvalue weighted by Crippen LogP contribution is 2.24. The molecule has 2 rings (SSSR count). The van der Waals surface area contributed by atoms with E-state index < -0.39 is 6.10 Å². The summed E-state index contributed by atoms with van der Waals surface area (Å²) < 4.78 is 0.917. The maximum atomic E-state index is 10.3. The molecule has 0 amide bonds. The number of rotatable bonds is 3. The predicted octanol–water partition coefficient (Wildman–Crippen LogP) is 4.08. The van der Waals surface area contributed by atoms with Crippen molar-refractivity contribution in [2.45, 2.75) is 19.4 Å². The lowest BCUT2D eigenvalue weighted by molar-refractivity contribution is 0.177. The van der Waals surface area contributed by atoms with Gasteiger partial charge in [0, 0.05) is 28.3 Å². The van der Waals surface area contributed by atoms with Gasteiger partial charge in [0.1, 0.15) is 0 Å². The number of aromatic nitrogens is 1. The van der Waals surface area contributed by atoms with Crippen LogP contribution in [0, 0.1) is 6.92 Å². The van der Waals surface area contributed by atoms with Crippen LogP contribution in [0.25, 0.3) is 0 Å². The number of benzene rings is 1. The van der Waals surface area contributed by atoms with E-state index in [2.05, 4.69) is 20.9 Å². The highest BCUT2D eigenvalue weighted by atomic mass is 79.9. The molecule has 94 valence electrons. The van der Waals surface area contributed by atoms with Crippen molar-refractivity contribution in [1.29, 1.82) is 0 Å². The molecule has 2 aromatic rings. The van der Waals surface area contributed by atoms with Gasteiger partial charge < -0.3 is 5.11 Å². The molecular weight excluding hydrogens is 314 g/mol. The van der Waals surface area contributed by atoms with Crippen molar-refractivity contribution in [3.05, 3.63) is 62.8 Å². The van der Waals surface area contributed by atoms with Gasteiger partial charge in [0.2, 0.25) is 0 Å². The summed E-state index contributed by atoms with van der Waals surface area (Å²) in [5.74, 6) is 0. The Bertz CT molecular complexity index is 559. The molecule has 1 unspecified atom stereocenters. The van der Waals surface area contributed by atoms with E-state index in [1.807, 2.05) is 25.1 Å². The van der Waals surface area contributed by atoms with Crippen molar-refractivity contribution < 1.29 is 5.11 Å². The van der Waals surface area contributed by atoms with Crippen molar-refractivity contribution in [3.63, 3.8) is 0 Å². The van der Waals surface area contributed by atoms with Gasteiger partial charge in [-0.15, -0.1) is 0 Å². The third-order valence-electron chi connectivity index (χ3n) is 2.78. The highest BCUT2D eigenvalue weighted by molar-refractivity contribution is 9.10. The number of nitrogens with zero attached hydrogens (tertiary/aromatic N) is 1. The van der Waals surface area contributed by atoms with Crippen molar-refractivity contribution in [1.82, 2.24) is 4.98 Å². The molecule has 1 aromatic heterocycles. The second-order valence-electron chi connectivity index (χ2n) is 4.23. The van der Waals surface area contributed by atoms with Crippen LogP contribution in [0.4, 0.5) is 0 Å². The summed E-state index contributed by atoms with van der Waals surface area (Å²) in [6.45, 7) is 1.95.